The zero-order valence-corrected chi connectivity index (χ0v) is 10.3. The third-order valence-electron chi connectivity index (χ3n) is 2.55. The highest BCUT2D eigenvalue weighted by molar-refractivity contribution is 6.21. The van der Waals surface area contributed by atoms with Gasteiger partial charge in [-0.25, -0.2) is 4.39 Å². The summed E-state index contributed by atoms with van der Waals surface area (Å²) >= 11 is 5.93. The molecule has 0 aliphatic rings. The molecule has 2 nitrogen and oxygen atoms in total. The van der Waals surface area contributed by atoms with Crippen molar-refractivity contribution >= 4 is 17.5 Å². The van der Waals surface area contributed by atoms with E-state index in [0.717, 1.165) is 0 Å². The van der Waals surface area contributed by atoms with Crippen LogP contribution in [0.4, 0.5) is 4.39 Å². The smallest absolute Gasteiger partial charge is 0.254 e. The second-order valence-corrected chi connectivity index (χ2v) is 4.93. The molecule has 0 aromatic heterocycles. The number of halogens is 2. The minimum absolute atomic E-state index is 0.0351. The van der Waals surface area contributed by atoms with E-state index in [1.807, 2.05) is 0 Å². The molecule has 0 aliphatic heterocycles. The van der Waals surface area contributed by atoms with Gasteiger partial charge in [0.25, 0.3) is 5.91 Å². The van der Waals surface area contributed by atoms with Crippen molar-refractivity contribution in [1.29, 1.82) is 0 Å². The van der Waals surface area contributed by atoms with Crippen LogP contribution in [-0.2, 0) is 0 Å². The summed E-state index contributed by atoms with van der Waals surface area (Å²) in [5, 5.41) is 2.45. The van der Waals surface area contributed by atoms with Gasteiger partial charge in [-0.05, 0) is 32.9 Å². The minimum Gasteiger partial charge on any atom is -0.346 e. The Hall–Kier alpha value is -1.09. The van der Waals surface area contributed by atoms with Gasteiger partial charge in [0.15, 0.2) is 0 Å². The maximum absolute atomic E-state index is 13.3. The normalized spacial score (nSPS) is 13.3. The van der Waals surface area contributed by atoms with E-state index in [2.05, 4.69) is 5.32 Å². The van der Waals surface area contributed by atoms with E-state index in [4.69, 9.17) is 11.6 Å². The van der Waals surface area contributed by atoms with Gasteiger partial charge in [0.1, 0.15) is 5.82 Å². The molecule has 4 heteroatoms. The molecule has 0 spiro atoms. The summed E-state index contributed by atoms with van der Waals surface area (Å²) < 4.78 is 13.3. The highest BCUT2D eigenvalue weighted by Gasteiger charge is 2.27. The summed E-state index contributed by atoms with van der Waals surface area (Å²) in [5.41, 5.74) is -0.547. The van der Waals surface area contributed by atoms with Gasteiger partial charge in [-0.15, -0.1) is 11.6 Å². The third kappa shape index (κ3) is 2.95. The zero-order chi connectivity index (χ0) is 12.3. The first-order valence-electron chi connectivity index (χ1n) is 5.05. The molecule has 0 saturated heterocycles. The lowest BCUT2D eigenvalue weighted by Crippen LogP contribution is -2.49. The number of carbonyl (C=O) groups is 1. The van der Waals surface area contributed by atoms with E-state index in [1.165, 1.54) is 12.1 Å². The number of rotatable bonds is 3. The van der Waals surface area contributed by atoms with Crippen molar-refractivity contribution in [2.24, 2.45) is 0 Å². The summed E-state index contributed by atoms with van der Waals surface area (Å²) in [4.78, 5) is 11.8. The quantitative estimate of drug-likeness (QED) is 0.813. The van der Waals surface area contributed by atoms with Crippen LogP contribution in [0, 0.1) is 5.82 Å². The lowest BCUT2D eigenvalue weighted by atomic mass is 10.0. The molecule has 88 valence electrons. The molecule has 0 aliphatic carbocycles. The number of benzene rings is 1. The summed E-state index contributed by atoms with van der Waals surface area (Å²) in [6.07, 6.45) is 0. The van der Waals surface area contributed by atoms with Gasteiger partial charge in [0, 0.05) is 0 Å². The first-order valence-corrected chi connectivity index (χ1v) is 5.49. The summed E-state index contributed by atoms with van der Waals surface area (Å²) in [6, 6.07) is 5.86. The van der Waals surface area contributed by atoms with Gasteiger partial charge >= 0.3 is 0 Å². The van der Waals surface area contributed by atoms with Crippen LogP contribution >= 0.6 is 11.6 Å². The predicted molar refractivity (Wildman–Crippen MR) is 63.3 cm³/mol. The molecule has 1 amide bonds. The van der Waals surface area contributed by atoms with Crippen molar-refractivity contribution in [3.05, 3.63) is 35.6 Å². The van der Waals surface area contributed by atoms with Gasteiger partial charge in [-0.3, -0.25) is 4.79 Å². The Kier molecular flexibility index (Phi) is 3.92. The molecule has 1 N–H and O–H groups in total. The fourth-order valence-electron chi connectivity index (χ4n) is 1.10. The van der Waals surface area contributed by atoms with Crippen LogP contribution in [0.1, 0.15) is 31.1 Å². The van der Waals surface area contributed by atoms with E-state index >= 15 is 0 Å². The highest BCUT2D eigenvalue weighted by atomic mass is 35.5. The van der Waals surface area contributed by atoms with Gasteiger partial charge in [0.2, 0.25) is 0 Å². The molecule has 0 fully saturated rings. The average molecular weight is 244 g/mol. The van der Waals surface area contributed by atoms with Crippen molar-refractivity contribution in [3.8, 4) is 0 Å². The Morgan fingerprint density at radius 1 is 1.44 bits per heavy atom. The fraction of sp³-hybridized carbons (Fsp3) is 0.417. The second kappa shape index (κ2) is 4.83. The lowest BCUT2D eigenvalue weighted by molar-refractivity contribution is 0.0908. The SMILES string of the molecule is CC(Cl)C(C)(C)NC(=O)c1ccccc1F. The summed E-state index contributed by atoms with van der Waals surface area (Å²) in [6.45, 7) is 5.37. The van der Waals surface area contributed by atoms with Crippen molar-refractivity contribution in [2.45, 2.75) is 31.7 Å². The van der Waals surface area contributed by atoms with Crippen LogP contribution in [0.15, 0.2) is 24.3 Å². The molecular weight excluding hydrogens is 229 g/mol. The minimum atomic E-state index is -0.582. The highest BCUT2D eigenvalue weighted by Crippen LogP contribution is 2.16. The van der Waals surface area contributed by atoms with E-state index < -0.39 is 17.3 Å². The largest absolute Gasteiger partial charge is 0.346 e. The predicted octanol–water partition coefficient (Wildman–Crippen LogP) is 2.96. The Bertz CT molecular complexity index is 390. The maximum atomic E-state index is 13.3. The van der Waals surface area contributed by atoms with E-state index in [9.17, 15) is 9.18 Å². The summed E-state index contributed by atoms with van der Waals surface area (Å²) in [5.74, 6) is -0.978. The van der Waals surface area contributed by atoms with E-state index in [-0.39, 0.29) is 10.9 Å². The van der Waals surface area contributed by atoms with Crippen LogP contribution in [0.5, 0.6) is 0 Å². The monoisotopic (exact) mass is 243 g/mol. The van der Waals surface area contributed by atoms with Crippen molar-refractivity contribution in [1.82, 2.24) is 5.32 Å². The van der Waals surface area contributed by atoms with E-state index in [0.29, 0.717) is 0 Å². The molecular formula is C12H15ClFNO. The van der Waals surface area contributed by atoms with Crippen LogP contribution in [-0.4, -0.2) is 16.8 Å². The Morgan fingerprint density at radius 2 is 2.00 bits per heavy atom. The number of alkyl halides is 1. The standard InChI is InChI=1S/C12H15ClFNO/c1-8(13)12(2,3)15-11(16)9-6-4-5-7-10(9)14/h4-8H,1-3H3,(H,15,16). The van der Waals surface area contributed by atoms with Crippen molar-refractivity contribution in [2.75, 3.05) is 0 Å². The molecule has 1 atom stereocenters. The molecule has 1 aromatic carbocycles. The molecule has 0 heterocycles. The van der Waals surface area contributed by atoms with Crippen LogP contribution in [0.2, 0.25) is 0 Å². The third-order valence-corrected chi connectivity index (χ3v) is 3.09. The van der Waals surface area contributed by atoms with Gasteiger partial charge in [0.05, 0.1) is 16.5 Å². The average Bonchev–Trinajstić information content (AvgIpc) is 2.17. The molecule has 0 bridgehead atoms. The van der Waals surface area contributed by atoms with E-state index in [1.54, 1.807) is 32.9 Å². The maximum Gasteiger partial charge on any atom is 0.254 e. The number of carbonyl (C=O) groups excluding carboxylic acids is 1. The summed E-state index contributed by atoms with van der Waals surface area (Å²) in [7, 11) is 0. The van der Waals surface area contributed by atoms with Gasteiger partial charge in [-0.1, -0.05) is 12.1 Å². The number of amides is 1. The molecule has 0 radical (unpaired) electrons. The Labute approximate surface area is 99.8 Å². The van der Waals surface area contributed by atoms with Gasteiger partial charge in [-0.2, -0.15) is 0 Å². The Morgan fingerprint density at radius 3 is 2.50 bits per heavy atom. The van der Waals surface area contributed by atoms with Crippen molar-refractivity contribution in [3.63, 3.8) is 0 Å². The zero-order valence-electron chi connectivity index (χ0n) is 9.55. The topological polar surface area (TPSA) is 29.1 Å². The molecule has 0 saturated carbocycles. The van der Waals surface area contributed by atoms with Crippen molar-refractivity contribution < 1.29 is 9.18 Å². The van der Waals surface area contributed by atoms with Crippen LogP contribution < -0.4 is 5.32 Å². The van der Waals surface area contributed by atoms with Crippen LogP contribution in [0.3, 0.4) is 0 Å². The van der Waals surface area contributed by atoms with Crippen LogP contribution in [0.25, 0.3) is 0 Å². The second-order valence-electron chi connectivity index (χ2n) is 4.27. The number of hydrogen-bond acceptors (Lipinski definition) is 1. The molecule has 16 heavy (non-hydrogen) atoms. The molecule has 1 rings (SSSR count). The Balaban J connectivity index is 2.85. The number of nitrogens with one attached hydrogen (secondary N) is 1. The number of hydrogen-bond donors (Lipinski definition) is 1. The van der Waals surface area contributed by atoms with Gasteiger partial charge < -0.3 is 5.32 Å². The molecule has 1 unspecified atom stereocenters. The fourth-order valence-corrected chi connectivity index (χ4v) is 1.16. The lowest BCUT2D eigenvalue weighted by Gasteiger charge is -2.29. The molecule has 1 aromatic rings. The first-order chi connectivity index (χ1) is 7.34. The first kappa shape index (κ1) is 13.0.